The highest BCUT2D eigenvalue weighted by Crippen LogP contribution is 2.21. The third-order valence-electron chi connectivity index (χ3n) is 4.33. The molecule has 8 heteroatoms. The Balaban J connectivity index is 0.00000312. The van der Waals surface area contributed by atoms with E-state index in [9.17, 15) is 13.2 Å². The van der Waals surface area contributed by atoms with E-state index in [-0.39, 0.29) is 37.3 Å². The lowest BCUT2D eigenvalue weighted by molar-refractivity contribution is -0.133. The van der Waals surface area contributed by atoms with Crippen LogP contribution in [0.4, 0.5) is 0 Å². The first-order chi connectivity index (χ1) is 11.2. The summed E-state index contributed by atoms with van der Waals surface area (Å²) in [6.45, 7) is 9.87. The molecule has 0 aromatic heterocycles. The van der Waals surface area contributed by atoms with Gasteiger partial charge in [0.05, 0.1) is 4.90 Å². The van der Waals surface area contributed by atoms with Crippen molar-refractivity contribution in [1.82, 2.24) is 14.9 Å². The third kappa shape index (κ3) is 5.41. The largest absolute Gasteiger partial charge is 0.337 e. The van der Waals surface area contributed by atoms with E-state index in [0.717, 1.165) is 29.8 Å². The summed E-state index contributed by atoms with van der Waals surface area (Å²) >= 11 is 0. The third-order valence-corrected chi connectivity index (χ3v) is 6.09. The summed E-state index contributed by atoms with van der Waals surface area (Å²) in [6.07, 6.45) is 0.174. The van der Waals surface area contributed by atoms with Crippen LogP contribution in [-0.2, 0) is 14.8 Å². The lowest BCUT2D eigenvalue weighted by Gasteiger charge is -2.34. The van der Waals surface area contributed by atoms with Gasteiger partial charge in [0.25, 0.3) is 0 Å². The monoisotopic (exact) mass is 389 g/mol. The smallest absolute Gasteiger partial charge is 0.241 e. The molecule has 1 amide bonds. The van der Waals surface area contributed by atoms with Crippen LogP contribution in [-0.4, -0.2) is 51.4 Å². The van der Waals surface area contributed by atoms with Crippen LogP contribution in [0.15, 0.2) is 17.0 Å². The normalized spacial score (nSPS) is 17.9. The molecule has 0 bridgehead atoms. The maximum atomic E-state index is 12.6. The molecule has 142 valence electrons. The molecule has 1 heterocycles. The number of amides is 1. The molecule has 1 aliphatic rings. The summed E-state index contributed by atoms with van der Waals surface area (Å²) in [4.78, 5) is 14.4. The van der Waals surface area contributed by atoms with E-state index >= 15 is 0 Å². The van der Waals surface area contributed by atoms with Gasteiger partial charge in [0.15, 0.2) is 0 Å². The number of rotatable bonds is 5. The minimum atomic E-state index is -3.61. The van der Waals surface area contributed by atoms with E-state index in [4.69, 9.17) is 0 Å². The van der Waals surface area contributed by atoms with Gasteiger partial charge in [-0.1, -0.05) is 17.7 Å². The Morgan fingerprint density at radius 1 is 1.28 bits per heavy atom. The van der Waals surface area contributed by atoms with E-state index in [0.29, 0.717) is 11.4 Å². The average molecular weight is 390 g/mol. The van der Waals surface area contributed by atoms with Gasteiger partial charge in [-0.05, 0) is 38.8 Å². The number of nitrogens with zero attached hydrogens (tertiary/aromatic N) is 1. The molecule has 6 nitrogen and oxygen atoms in total. The molecule has 0 saturated carbocycles. The summed E-state index contributed by atoms with van der Waals surface area (Å²) in [5.41, 5.74) is 2.48. The fourth-order valence-corrected chi connectivity index (χ4v) is 4.79. The van der Waals surface area contributed by atoms with Gasteiger partial charge in [0.2, 0.25) is 15.9 Å². The molecule has 0 unspecified atom stereocenters. The van der Waals surface area contributed by atoms with Crippen LogP contribution < -0.4 is 10.0 Å². The molecule has 1 saturated heterocycles. The molecule has 0 radical (unpaired) electrons. The Labute approximate surface area is 156 Å². The van der Waals surface area contributed by atoms with Crippen molar-refractivity contribution in [2.45, 2.75) is 45.1 Å². The Kier molecular flexibility index (Phi) is 7.87. The maximum Gasteiger partial charge on any atom is 0.241 e. The van der Waals surface area contributed by atoms with Crippen molar-refractivity contribution in [3.05, 3.63) is 28.8 Å². The van der Waals surface area contributed by atoms with Gasteiger partial charge in [-0.25, -0.2) is 13.1 Å². The van der Waals surface area contributed by atoms with Crippen LogP contribution >= 0.6 is 12.4 Å². The number of carbonyl (C=O) groups is 1. The number of halogens is 1. The Morgan fingerprint density at radius 3 is 2.44 bits per heavy atom. The number of hydrogen-bond acceptors (Lipinski definition) is 4. The molecule has 1 atom stereocenters. The van der Waals surface area contributed by atoms with Crippen molar-refractivity contribution >= 4 is 28.3 Å². The van der Waals surface area contributed by atoms with Gasteiger partial charge in [0, 0.05) is 38.6 Å². The van der Waals surface area contributed by atoms with Gasteiger partial charge >= 0.3 is 0 Å². The van der Waals surface area contributed by atoms with Crippen LogP contribution in [0.1, 0.15) is 30.0 Å². The van der Waals surface area contributed by atoms with Crippen molar-refractivity contribution in [2.24, 2.45) is 0 Å². The molecule has 1 aromatic rings. The first kappa shape index (κ1) is 21.9. The number of piperazine rings is 1. The molecule has 2 N–H and O–H groups in total. The Morgan fingerprint density at radius 2 is 1.88 bits per heavy atom. The number of benzene rings is 1. The Hall–Kier alpha value is -1.15. The zero-order chi connectivity index (χ0) is 17.9. The van der Waals surface area contributed by atoms with Crippen molar-refractivity contribution < 1.29 is 13.2 Å². The average Bonchev–Trinajstić information content (AvgIpc) is 2.45. The summed E-state index contributed by atoms with van der Waals surface area (Å²) in [5, 5.41) is 3.23. The SMILES string of the molecule is Cc1cc(C)c(S(=O)(=O)NCCC(=O)N2CCNC[C@H]2C)c(C)c1.Cl. The molecule has 1 aliphatic heterocycles. The van der Waals surface area contributed by atoms with Gasteiger partial charge < -0.3 is 10.2 Å². The summed E-state index contributed by atoms with van der Waals surface area (Å²) < 4.78 is 27.7. The van der Waals surface area contributed by atoms with E-state index in [2.05, 4.69) is 10.0 Å². The summed E-state index contributed by atoms with van der Waals surface area (Å²) in [6, 6.07) is 3.86. The quantitative estimate of drug-likeness (QED) is 0.800. The van der Waals surface area contributed by atoms with Crippen molar-refractivity contribution in [3.8, 4) is 0 Å². The van der Waals surface area contributed by atoms with Crippen LogP contribution in [0.25, 0.3) is 0 Å². The van der Waals surface area contributed by atoms with Crippen molar-refractivity contribution in [1.29, 1.82) is 0 Å². The first-order valence-corrected chi connectivity index (χ1v) is 9.78. The maximum absolute atomic E-state index is 12.6. The van der Waals surface area contributed by atoms with Crippen LogP contribution in [0, 0.1) is 20.8 Å². The fourth-order valence-electron chi connectivity index (χ4n) is 3.31. The second-order valence-corrected chi connectivity index (χ2v) is 8.22. The molecule has 0 aliphatic carbocycles. The molecular weight excluding hydrogens is 362 g/mol. The highest BCUT2D eigenvalue weighted by Gasteiger charge is 2.24. The molecule has 2 rings (SSSR count). The predicted octanol–water partition coefficient (Wildman–Crippen LogP) is 1.52. The predicted molar refractivity (Wildman–Crippen MR) is 102 cm³/mol. The number of hydrogen-bond donors (Lipinski definition) is 2. The van der Waals surface area contributed by atoms with Crippen molar-refractivity contribution in [2.75, 3.05) is 26.2 Å². The molecular formula is C17H28ClN3O3S. The zero-order valence-electron chi connectivity index (χ0n) is 15.3. The summed E-state index contributed by atoms with van der Waals surface area (Å²) in [7, 11) is -3.61. The van der Waals surface area contributed by atoms with Gasteiger partial charge in [0.1, 0.15) is 0 Å². The fraction of sp³-hybridized carbons (Fsp3) is 0.588. The number of carbonyl (C=O) groups excluding carboxylic acids is 1. The minimum Gasteiger partial charge on any atom is -0.337 e. The highest BCUT2D eigenvalue weighted by atomic mass is 35.5. The molecule has 1 fully saturated rings. The van der Waals surface area contributed by atoms with Gasteiger partial charge in [-0.15, -0.1) is 12.4 Å². The topological polar surface area (TPSA) is 78.5 Å². The molecule has 25 heavy (non-hydrogen) atoms. The van der Waals surface area contributed by atoms with Crippen molar-refractivity contribution in [3.63, 3.8) is 0 Å². The second kappa shape index (κ2) is 8.98. The van der Waals surface area contributed by atoms with E-state index in [1.807, 2.05) is 30.9 Å². The van der Waals surface area contributed by atoms with E-state index < -0.39 is 10.0 Å². The number of sulfonamides is 1. The number of aryl methyl sites for hydroxylation is 3. The lowest BCUT2D eigenvalue weighted by Crippen LogP contribution is -2.52. The van der Waals surface area contributed by atoms with E-state index in [1.54, 1.807) is 13.8 Å². The van der Waals surface area contributed by atoms with Gasteiger partial charge in [-0.2, -0.15) is 0 Å². The standard InChI is InChI=1S/C17H27N3O3S.ClH/c1-12-9-13(2)17(14(3)10-12)24(22,23)19-6-5-16(21)20-8-7-18-11-15(20)4;/h9-10,15,18-19H,5-8,11H2,1-4H3;1H/t15-;/m1./s1. The van der Waals surface area contributed by atoms with E-state index in [1.165, 1.54) is 0 Å². The number of nitrogens with one attached hydrogen (secondary N) is 2. The first-order valence-electron chi connectivity index (χ1n) is 8.30. The molecule has 1 aromatic carbocycles. The molecule has 0 spiro atoms. The van der Waals surface area contributed by atoms with Crippen LogP contribution in [0.5, 0.6) is 0 Å². The lowest BCUT2D eigenvalue weighted by atomic mass is 10.1. The van der Waals surface area contributed by atoms with Crippen LogP contribution in [0.3, 0.4) is 0 Å². The highest BCUT2D eigenvalue weighted by molar-refractivity contribution is 7.89. The second-order valence-electron chi connectivity index (χ2n) is 6.52. The van der Waals surface area contributed by atoms with Crippen LogP contribution in [0.2, 0.25) is 0 Å². The Bertz CT molecular complexity index is 699. The summed E-state index contributed by atoms with van der Waals surface area (Å²) in [5.74, 6) is -0.0101. The minimum absolute atomic E-state index is 0. The zero-order valence-corrected chi connectivity index (χ0v) is 16.9. The van der Waals surface area contributed by atoms with Gasteiger partial charge in [-0.3, -0.25) is 4.79 Å².